The molecule has 0 amide bonds. The second-order valence-corrected chi connectivity index (χ2v) is 6.36. The van der Waals surface area contributed by atoms with Crippen LogP contribution in [0.1, 0.15) is 51.5 Å². The van der Waals surface area contributed by atoms with Gasteiger partial charge in [-0.25, -0.2) is 4.39 Å². The van der Waals surface area contributed by atoms with E-state index in [9.17, 15) is 4.39 Å². The first-order chi connectivity index (χ1) is 9.08. The monoisotopic (exact) mass is 327 g/mol. The third-order valence-corrected chi connectivity index (χ3v) is 5.65. The van der Waals surface area contributed by atoms with Crippen molar-refractivity contribution in [3.8, 4) is 0 Å². The average molecular weight is 328 g/mol. The van der Waals surface area contributed by atoms with E-state index >= 15 is 0 Å². The van der Waals surface area contributed by atoms with Crippen LogP contribution >= 0.6 is 15.9 Å². The lowest BCUT2D eigenvalue weighted by atomic mass is 9.52. The zero-order valence-electron chi connectivity index (χ0n) is 12.0. The van der Waals surface area contributed by atoms with Gasteiger partial charge in [0.1, 0.15) is 5.82 Å². The van der Waals surface area contributed by atoms with Gasteiger partial charge in [-0.15, -0.1) is 0 Å². The zero-order chi connectivity index (χ0) is 14.0. The van der Waals surface area contributed by atoms with Crippen molar-refractivity contribution in [2.75, 3.05) is 6.54 Å². The lowest BCUT2D eigenvalue weighted by Crippen LogP contribution is -2.58. The van der Waals surface area contributed by atoms with Gasteiger partial charge in [-0.2, -0.15) is 0 Å². The Morgan fingerprint density at radius 3 is 2.53 bits per heavy atom. The molecule has 2 atom stereocenters. The molecule has 1 aliphatic carbocycles. The maximum atomic E-state index is 13.2. The molecule has 2 unspecified atom stereocenters. The van der Waals surface area contributed by atoms with Crippen LogP contribution in [0.15, 0.2) is 22.7 Å². The molecule has 0 bridgehead atoms. The topological polar surface area (TPSA) is 12.0 Å². The van der Waals surface area contributed by atoms with E-state index in [1.165, 1.54) is 5.56 Å². The van der Waals surface area contributed by atoms with Crippen LogP contribution in [0.3, 0.4) is 0 Å². The van der Waals surface area contributed by atoms with Crippen molar-refractivity contribution in [3.05, 3.63) is 34.1 Å². The molecule has 0 saturated heterocycles. The fourth-order valence-electron chi connectivity index (χ4n) is 3.78. The van der Waals surface area contributed by atoms with Gasteiger partial charge >= 0.3 is 0 Å². The fourth-order valence-corrected chi connectivity index (χ4v) is 4.40. The largest absolute Gasteiger partial charge is 0.314 e. The maximum Gasteiger partial charge on any atom is 0.124 e. The minimum Gasteiger partial charge on any atom is -0.314 e. The molecule has 0 heterocycles. The molecular weight excluding hydrogens is 305 g/mol. The van der Waals surface area contributed by atoms with Crippen molar-refractivity contribution in [1.29, 1.82) is 0 Å². The molecule has 1 aliphatic rings. The number of hydrogen-bond acceptors (Lipinski definition) is 1. The van der Waals surface area contributed by atoms with E-state index in [2.05, 4.69) is 42.0 Å². The lowest BCUT2D eigenvalue weighted by molar-refractivity contribution is 0.0206. The Morgan fingerprint density at radius 1 is 1.32 bits per heavy atom. The highest BCUT2D eigenvalue weighted by atomic mass is 79.9. The molecule has 0 radical (unpaired) electrons. The highest BCUT2D eigenvalue weighted by Crippen LogP contribution is 2.58. The predicted molar refractivity (Wildman–Crippen MR) is 81.9 cm³/mol. The first kappa shape index (κ1) is 15.0. The molecule has 1 aromatic carbocycles. The summed E-state index contributed by atoms with van der Waals surface area (Å²) in [6.07, 6.45) is 3.48. The smallest absolute Gasteiger partial charge is 0.124 e. The number of benzene rings is 1. The minimum atomic E-state index is -0.170. The molecule has 0 spiro atoms. The number of halogens is 2. The van der Waals surface area contributed by atoms with E-state index in [0.29, 0.717) is 17.4 Å². The van der Waals surface area contributed by atoms with Gasteiger partial charge in [-0.1, -0.05) is 42.8 Å². The van der Waals surface area contributed by atoms with Crippen LogP contribution in [0.4, 0.5) is 4.39 Å². The Labute approximate surface area is 124 Å². The van der Waals surface area contributed by atoms with E-state index in [-0.39, 0.29) is 5.82 Å². The maximum absolute atomic E-state index is 13.2. The summed E-state index contributed by atoms with van der Waals surface area (Å²) in [7, 11) is 0. The van der Waals surface area contributed by atoms with E-state index < -0.39 is 0 Å². The summed E-state index contributed by atoms with van der Waals surface area (Å²) in [6.45, 7) is 7.73. The van der Waals surface area contributed by atoms with Gasteiger partial charge < -0.3 is 5.32 Å². The first-order valence-corrected chi connectivity index (χ1v) is 8.06. The average Bonchev–Trinajstić information content (AvgIpc) is 2.37. The molecular formula is C16H23BrFN. The Bertz CT molecular complexity index is 442. The summed E-state index contributed by atoms with van der Waals surface area (Å²) in [4.78, 5) is 0. The molecule has 3 heteroatoms. The van der Waals surface area contributed by atoms with Crippen LogP contribution in [0.5, 0.6) is 0 Å². The van der Waals surface area contributed by atoms with Crippen LogP contribution in [0.2, 0.25) is 0 Å². The Hall–Kier alpha value is -0.410. The van der Waals surface area contributed by atoms with Crippen LogP contribution in [-0.4, -0.2) is 12.6 Å². The molecule has 0 aromatic heterocycles. The minimum absolute atomic E-state index is 0.170. The van der Waals surface area contributed by atoms with Crippen LogP contribution < -0.4 is 5.32 Å². The zero-order valence-corrected chi connectivity index (χ0v) is 13.6. The molecule has 0 aliphatic heterocycles. The SMILES string of the molecule is CCNC1CC(c2ccc(F)cc2Br)C1(CC)CC. The van der Waals surface area contributed by atoms with E-state index in [1.807, 2.05) is 6.07 Å². The summed E-state index contributed by atoms with van der Waals surface area (Å²) < 4.78 is 14.2. The molecule has 106 valence electrons. The highest BCUT2D eigenvalue weighted by molar-refractivity contribution is 9.10. The van der Waals surface area contributed by atoms with E-state index in [0.717, 1.165) is 30.3 Å². The summed E-state index contributed by atoms with van der Waals surface area (Å²) in [6, 6.07) is 5.71. The third-order valence-electron chi connectivity index (χ3n) is 4.96. The van der Waals surface area contributed by atoms with E-state index in [4.69, 9.17) is 0 Å². The van der Waals surface area contributed by atoms with Crippen LogP contribution in [0, 0.1) is 11.2 Å². The van der Waals surface area contributed by atoms with Gasteiger partial charge in [0.05, 0.1) is 0 Å². The second kappa shape index (κ2) is 5.92. The molecule has 2 rings (SSSR count). The molecule has 1 aromatic rings. The first-order valence-electron chi connectivity index (χ1n) is 7.27. The van der Waals surface area contributed by atoms with E-state index in [1.54, 1.807) is 12.1 Å². The number of hydrogen-bond donors (Lipinski definition) is 1. The number of rotatable bonds is 5. The third kappa shape index (κ3) is 2.47. The lowest BCUT2D eigenvalue weighted by Gasteiger charge is -2.57. The Kier molecular flexibility index (Phi) is 4.67. The van der Waals surface area contributed by atoms with Gasteiger partial charge in [-0.3, -0.25) is 0 Å². The molecule has 19 heavy (non-hydrogen) atoms. The van der Waals surface area contributed by atoms with Crippen molar-refractivity contribution >= 4 is 15.9 Å². The van der Waals surface area contributed by atoms with Crippen LogP contribution in [0.25, 0.3) is 0 Å². The van der Waals surface area contributed by atoms with Gasteiger partial charge in [-0.05, 0) is 54.8 Å². The van der Waals surface area contributed by atoms with Gasteiger partial charge in [0, 0.05) is 10.5 Å². The molecule has 1 N–H and O–H groups in total. The molecule has 1 fully saturated rings. The second-order valence-electron chi connectivity index (χ2n) is 5.50. The van der Waals surface area contributed by atoms with Crippen molar-refractivity contribution in [3.63, 3.8) is 0 Å². The highest BCUT2D eigenvalue weighted by Gasteiger charge is 2.52. The summed E-state index contributed by atoms with van der Waals surface area (Å²) in [5.41, 5.74) is 1.58. The molecule has 1 nitrogen and oxygen atoms in total. The predicted octanol–water partition coefficient (Wildman–Crippen LogP) is 4.86. The fraction of sp³-hybridized carbons (Fsp3) is 0.625. The van der Waals surface area contributed by atoms with Crippen molar-refractivity contribution in [1.82, 2.24) is 5.32 Å². The normalized spacial score (nSPS) is 25.1. The quantitative estimate of drug-likeness (QED) is 0.814. The standard InChI is InChI=1S/C16H23BrFN/c1-4-16(5-2)13(10-15(16)19-6-3)12-8-7-11(18)9-14(12)17/h7-9,13,15,19H,4-6,10H2,1-3H3. The van der Waals surface area contributed by atoms with Gasteiger partial charge in [0.25, 0.3) is 0 Å². The molecule has 1 saturated carbocycles. The van der Waals surface area contributed by atoms with Crippen molar-refractivity contribution in [2.45, 2.75) is 52.0 Å². The number of nitrogens with one attached hydrogen (secondary N) is 1. The van der Waals surface area contributed by atoms with Crippen LogP contribution in [-0.2, 0) is 0 Å². The Balaban J connectivity index is 2.30. The van der Waals surface area contributed by atoms with Gasteiger partial charge in [0.2, 0.25) is 0 Å². The Morgan fingerprint density at radius 2 is 2.00 bits per heavy atom. The summed E-state index contributed by atoms with van der Waals surface area (Å²) in [5.74, 6) is 0.360. The van der Waals surface area contributed by atoms with Crippen molar-refractivity contribution in [2.24, 2.45) is 5.41 Å². The van der Waals surface area contributed by atoms with Crippen molar-refractivity contribution < 1.29 is 4.39 Å². The summed E-state index contributed by atoms with van der Waals surface area (Å²) >= 11 is 3.53. The summed E-state index contributed by atoms with van der Waals surface area (Å²) in [5, 5.41) is 3.62. The van der Waals surface area contributed by atoms with Gasteiger partial charge in [0.15, 0.2) is 0 Å².